The average molecular weight is 527 g/mol. The third-order valence-corrected chi connectivity index (χ3v) is 5.75. The van der Waals surface area contributed by atoms with E-state index in [1.807, 2.05) is 22.6 Å². The maximum atomic E-state index is 13.9. The lowest BCUT2D eigenvalue weighted by Crippen LogP contribution is -2.44. The highest BCUT2D eigenvalue weighted by molar-refractivity contribution is 14.1. The fraction of sp³-hybridized carbons (Fsp3) is 0.381. The molecule has 0 saturated heterocycles. The summed E-state index contributed by atoms with van der Waals surface area (Å²) >= 11 is 1.86. The summed E-state index contributed by atoms with van der Waals surface area (Å²) in [5.74, 6) is -2.13. The first kappa shape index (κ1) is 21.0. The van der Waals surface area contributed by atoms with Crippen molar-refractivity contribution >= 4 is 40.4 Å². The molecule has 1 aromatic rings. The number of cyclic esters (lactones) is 1. The molecule has 30 heavy (non-hydrogen) atoms. The van der Waals surface area contributed by atoms with Gasteiger partial charge in [0.25, 0.3) is 0 Å². The van der Waals surface area contributed by atoms with Gasteiger partial charge in [-0.2, -0.15) is 0 Å². The standard InChI is InChI=1S/C21H19FINO6/c1-21(2,3)30-20(27)24-13-7-28-9-15(25)17(13)16(18-14(24)8-29-19(18)26)10-4-5-11(22)12(23)6-10/h4-6,16H,7-9H2,1-3H3. The first-order chi connectivity index (χ1) is 14.1. The van der Waals surface area contributed by atoms with E-state index in [1.165, 1.54) is 17.0 Å². The Morgan fingerprint density at radius 2 is 1.87 bits per heavy atom. The minimum Gasteiger partial charge on any atom is -0.456 e. The van der Waals surface area contributed by atoms with Crippen molar-refractivity contribution in [2.24, 2.45) is 0 Å². The number of amides is 1. The maximum Gasteiger partial charge on any atom is 0.419 e. The van der Waals surface area contributed by atoms with Crippen LogP contribution in [0.5, 0.6) is 0 Å². The topological polar surface area (TPSA) is 82.1 Å². The fourth-order valence-electron chi connectivity index (χ4n) is 3.81. The van der Waals surface area contributed by atoms with Crippen LogP contribution in [0.25, 0.3) is 0 Å². The summed E-state index contributed by atoms with van der Waals surface area (Å²) in [5, 5.41) is 0. The third-order valence-electron chi connectivity index (χ3n) is 4.92. The Kier molecular flexibility index (Phi) is 5.21. The Balaban J connectivity index is 1.92. The molecule has 0 N–H and O–H groups in total. The van der Waals surface area contributed by atoms with E-state index in [0.717, 1.165) is 0 Å². The van der Waals surface area contributed by atoms with Crippen LogP contribution in [0.4, 0.5) is 9.18 Å². The van der Waals surface area contributed by atoms with Crippen molar-refractivity contribution in [1.82, 2.24) is 4.90 Å². The van der Waals surface area contributed by atoms with Gasteiger partial charge in [0.1, 0.15) is 24.6 Å². The highest BCUT2D eigenvalue weighted by Gasteiger charge is 2.48. The molecule has 1 aromatic carbocycles. The molecular weight excluding hydrogens is 508 g/mol. The monoisotopic (exact) mass is 527 g/mol. The molecule has 3 aliphatic rings. The molecule has 3 heterocycles. The number of carbonyl (C=O) groups excluding carboxylic acids is 3. The predicted octanol–water partition coefficient (Wildman–Crippen LogP) is 3.43. The summed E-state index contributed by atoms with van der Waals surface area (Å²) in [6.07, 6.45) is -0.716. The van der Waals surface area contributed by atoms with Crippen molar-refractivity contribution in [3.8, 4) is 0 Å². The van der Waals surface area contributed by atoms with Gasteiger partial charge >= 0.3 is 12.1 Å². The number of Topliss-reactive ketones (excluding diaryl/α,β-unsaturated/α-hetero) is 1. The van der Waals surface area contributed by atoms with Crippen LogP contribution in [0, 0.1) is 9.39 Å². The van der Waals surface area contributed by atoms with Crippen LogP contribution in [-0.2, 0) is 23.8 Å². The molecule has 1 atom stereocenters. The Labute approximate surface area is 186 Å². The van der Waals surface area contributed by atoms with Gasteiger partial charge in [-0.15, -0.1) is 0 Å². The van der Waals surface area contributed by atoms with E-state index in [4.69, 9.17) is 14.2 Å². The number of ketones is 1. The summed E-state index contributed by atoms with van der Waals surface area (Å²) in [5.41, 5.74) is 0.881. The van der Waals surface area contributed by atoms with Gasteiger partial charge in [0.2, 0.25) is 0 Å². The lowest BCUT2D eigenvalue weighted by molar-refractivity contribution is -0.136. The zero-order valence-corrected chi connectivity index (χ0v) is 18.7. The zero-order chi connectivity index (χ0) is 21.8. The van der Waals surface area contributed by atoms with Crippen molar-refractivity contribution in [2.45, 2.75) is 32.3 Å². The van der Waals surface area contributed by atoms with Crippen LogP contribution >= 0.6 is 22.6 Å². The van der Waals surface area contributed by atoms with E-state index in [9.17, 15) is 18.8 Å². The number of halogens is 2. The van der Waals surface area contributed by atoms with Gasteiger partial charge in [-0.05, 0) is 61.1 Å². The van der Waals surface area contributed by atoms with Crippen molar-refractivity contribution < 1.29 is 33.0 Å². The smallest absolute Gasteiger partial charge is 0.419 e. The molecule has 0 aliphatic carbocycles. The normalized spacial score (nSPS) is 21.5. The number of rotatable bonds is 1. The average Bonchev–Trinajstić information content (AvgIpc) is 3.02. The van der Waals surface area contributed by atoms with E-state index in [2.05, 4.69) is 0 Å². The van der Waals surface area contributed by atoms with Gasteiger partial charge in [0.15, 0.2) is 5.78 Å². The number of hydrogen-bond acceptors (Lipinski definition) is 6. The Morgan fingerprint density at radius 3 is 2.53 bits per heavy atom. The quantitative estimate of drug-likeness (QED) is 0.412. The molecule has 1 unspecified atom stereocenters. The van der Waals surface area contributed by atoms with Crippen molar-refractivity contribution in [1.29, 1.82) is 0 Å². The number of hydrogen-bond donors (Lipinski definition) is 0. The third kappa shape index (κ3) is 3.53. The van der Waals surface area contributed by atoms with Crippen LogP contribution in [-0.4, -0.2) is 48.2 Å². The Bertz CT molecular complexity index is 1040. The molecule has 158 valence electrons. The van der Waals surface area contributed by atoms with Crippen molar-refractivity contribution in [3.63, 3.8) is 0 Å². The van der Waals surface area contributed by atoms with Gasteiger partial charge in [-0.25, -0.2) is 18.9 Å². The second-order valence-electron chi connectivity index (χ2n) is 8.14. The Morgan fingerprint density at radius 1 is 1.17 bits per heavy atom. The largest absolute Gasteiger partial charge is 0.456 e. The predicted molar refractivity (Wildman–Crippen MR) is 111 cm³/mol. The summed E-state index contributed by atoms with van der Waals surface area (Å²) < 4.78 is 30.4. The SMILES string of the molecule is CC(C)(C)OC(=O)N1C2=C(C(=O)COC2)C(c2ccc(F)c(I)c2)C2=C1COC2=O. The van der Waals surface area contributed by atoms with Crippen LogP contribution in [0.2, 0.25) is 0 Å². The van der Waals surface area contributed by atoms with Gasteiger partial charge in [0, 0.05) is 15.1 Å². The molecular formula is C21H19FINO6. The van der Waals surface area contributed by atoms with E-state index < -0.39 is 29.4 Å². The van der Waals surface area contributed by atoms with E-state index in [-0.39, 0.29) is 36.8 Å². The van der Waals surface area contributed by atoms with Crippen molar-refractivity contribution in [2.75, 3.05) is 19.8 Å². The lowest BCUT2D eigenvalue weighted by Gasteiger charge is -2.38. The van der Waals surface area contributed by atoms with E-state index in [1.54, 1.807) is 26.8 Å². The minimum atomic E-state index is -0.786. The van der Waals surface area contributed by atoms with Crippen LogP contribution in [0.3, 0.4) is 0 Å². The summed E-state index contributed by atoms with van der Waals surface area (Å²) in [4.78, 5) is 39.8. The number of carbonyl (C=O) groups is 3. The van der Waals surface area contributed by atoms with Crippen LogP contribution in [0.1, 0.15) is 32.3 Å². The van der Waals surface area contributed by atoms with Gasteiger partial charge in [0.05, 0.1) is 23.6 Å². The molecule has 0 spiro atoms. The molecule has 0 saturated carbocycles. The summed E-state index contributed by atoms with van der Waals surface area (Å²) in [6, 6.07) is 4.42. The molecule has 4 rings (SSSR count). The first-order valence-corrected chi connectivity index (χ1v) is 10.4. The molecule has 9 heteroatoms. The molecule has 0 radical (unpaired) electrons. The highest BCUT2D eigenvalue weighted by Crippen LogP contribution is 2.46. The molecule has 7 nitrogen and oxygen atoms in total. The Hall–Kier alpha value is -2.27. The second kappa shape index (κ2) is 7.45. The number of esters is 1. The van der Waals surface area contributed by atoms with Gasteiger partial charge < -0.3 is 14.2 Å². The first-order valence-electron chi connectivity index (χ1n) is 9.30. The van der Waals surface area contributed by atoms with Gasteiger partial charge in [-0.3, -0.25) is 4.79 Å². The van der Waals surface area contributed by atoms with Crippen LogP contribution < -0.4 is 0 Å². The summed E-state index contributed by atoms with van der Waals surface area (Å²) in [7, 11) is 0. The number of benzene rings is 1. The van der Waals surface area contributed by atoms with Crippen LogP contribution in [0.15, 0.2) is 40.7 Å². The van der Waals surface area contributed by atoms with E-state index in [0.29, 0.717) is 20.5 Å². The molecule has 3 aliphatic heterocycles. The molecule has 0 bridgehead atoms. The number of nitrogens with zero attached hydrogens (tertiary/aromatic N) is 1. The number of ether oxygens (including phenoxy) is 3. The second-order valence-corrected chi connectivity index (χ2v) is 9.30. The maximum absolute atomic E-state index is 13.9. The highest BCUT2D eigenvalue weighted by atomic mass is 127. The van der Waals surface area contributed by atoms with E-state index >= 15 is 0 Å². The molecule has 0 fully saturated rings. The fourth-order valence-corrected chi connectivity index (χ4v) is 4.35. The molecule has 1 amide bonds. The molecule has 0 aromatic heterocycles. The van der Waals surface area contributed by atoms with Crippen molar-refractivity contribution in [3.05, 3.63) is 55.7 Å². The zero-order valence-electron chi connectivity index (χ0n) is 16.6. The lowest BCUT2D eigenvalue weighted by atomic mass is 9.78. The van der Waals surface area contributed by atoms with Gasteiger partial charge in [-0.1, -0.05) is 6.07 Å². The summed E-state index contributed by atoms with van der Waals surface area (Å²) in [6.45, 7) is 4.87. The minimum absolute atomic E-state index is 0.0000729.